The molecular formula is C18H26N4O2. The predicted octanol–water partition coefficient (Wildman–Crippen LogP) is 2.39. The van der Waals surface area contributed by atoms with Gasteiger partial charge in [-0.15, -0.1) is 0 Å². The number of aliphatic hydroxyl groups is 1. The van der Waals surface area contributed by atoms with Crippen LogP contribution in [0.1, 0.15) is 26.3 Å². The van der Waals surface area contributed by atoms with Gasteiger partial charge in [0, 0.05) is 31.9 Å². The van der Waals surface area contributed by atoms with Crippen LogP contribution in [0.2, 0.25) is 0 Å². The minimum Gasteiger partial charge on any atom is -0.389 e. The summed E-state index contributed by atoms with van der Waals surface area (Å²) in [6, 6.07) is 7.84. The number of carbonyl (C=O) groups is 1. The summed E-state index contributed by atoms with van der Waals surface area (Å²) in [4.78, 5) is 13.9. The Labute approximate surface area is 143 Å². The van der Waals surface area contributed by atoms with E-state index in [0.29, 0.717) is 19.6 Å². The van der Waals surface area contributed by atoms with Gasteiger partial charge in [0.15, 0.2) is 0 Å². The zero-order valence-electron chi connectivity index (χ0n) is 14.8. The highest BCUT2D eigenvalue weighted by atomic mass is 16.3. The molecule has 0 aliphatic rings. The number of rotatable bonds is 6. The first-order valence-corrected chi connectivity index (χ1v) is 8.11. The lowest BCUT2D eigenvalue weighted by Gasteiger charge is -2.28. The second kappa shape index (κ2) is 7.49. The molecule has 0 aliphatic carbocycles. The van der Waals surface area contributed by atoms with Gasteiger partial charge < -0.3 is 15.3 Å². The third kappa shape index (κ3) is 5.09. The number of aryl methyl sites for hydroxylation is 1. The van der Waals surface area contributed by atoms with E-state index < -0.39 is 5.60 Å². The Balaban J connectivity index is 2.00. The van der Waals surface area contributed by atoms with Gasteiger partial charge in [0.1, 0.15) is 0 Å². The maximum absolute atomic E-state index is 12.3. The molecule has 6 nitrogen and oxygen atoms in total. The molecule has 6 heteroatoms. The summed E-state index contributed by atoms with van der Waals surface area (Å²) in [6.07, 6.45) is 3.78. The lowest BCUT2D eigenvalue weighted by molar-refractivity contribution is 0.0480. The Morgan fingerprint density at radius 3 is 2.71 bits per heavy atom. The van der Waals surface area contributed by atoms with Crippen molar-refractivity contribution in [3.63, 3.8) is 0 Å². The Bertz CT molecular complexity index is 688. The van der Waals surface area contributed by atoms with E-state index in [9.17, 15) is 9.90 Å². The van der Waals surface area contributed by atoms with E-state index in [0.717, 1.165) is 16.7 Å². The maximum atomic E-state index is 12.3. The van der Waals surface area contributed by atoms with Crippen LogP contribution in [0.3, 0.4) is 0 Å². The van der Waals surface area contributed by atoms with Crippen molar-refractivity contribution in [3.8, 4) is 11.1 Å². The van der Waals surface area contributed by atoms with Crippen molar-refractivity contribution in [1.29, 1.82) is 0 Å². The average Bonchev–Trinajstić information content (AvgIpc) is 2.96. The van der Waals surface area contributed by atoms with Crippen LogP contribution in [0.25, 0.3) is 11.1 Å². The number of nitrogens with zero attached hydrogens (tertiary/aromatic N) is 3. The van der Waals surface area contributed by atoms with Gasteiger partial charge in [0.05, 0.1) is 18.3 Å². The molecule has 24 heavy (non-hydrogen) atoms. The van der Waals surface area contributed by atoms with Crippen LogP contribution in [-0.2, 0) is 13.6 Å². The summed E-state index contributed by atoms with van der Waals surface area (Å²) < 4.78 is 1.76. The van der Waals surface area contributed by atoms with Gasteiger partial charge >= 0.3 is 6.03 Å². The number of hydrogen-bond donors (Lipinski definition) is 2. The third-order valence-electron chi connectivity index (χ3n) is 3.66. The van der Waals surface area contributed by atoms with Crippen LogP contribution in [-0.4, -0.2) is 44.5 Å². The molecule has 0 aliphatic heterocycles. The average molecular weight is 330 g/mol. The number of likely N-dealkylation sites (N-methyl/N-ethyl adjacent to an activating group) is 1. The summed E-state index contributed by atoms with van der Waals surface area (Å²) >= 11 is 0. The number of amides is 2. The Kier molecular flexibility index (Phi) is 5.62. The lowest BCUT2D eigenvalue weighted by atomic mass is 10.1. The first kappa shape index (κ1) is 18.0. The molecule has 0 atom stereocenters. The molecule has 1 heterocycles. The van der Waals surface area contributed by atoms with Crippen LogP contribution in [0.4, 0.5) is 4.79 Å². The fourth-order valence-electron chi connectivity index (χ4n) is 2.51. The maximum Gasteiger partial charge on any atom is 0.317 e. The van der Waals surface area contributed by atoms with Crippen molar-refractivity contribution in [3.05, 3.63) is 42.2 Å². The fraction of sp³-hybridized carbons (Fsp3) is 0.444. The van der Waals surface area contributed by atoms with E-state index in [1.807, 2.05) is 50.6 Å². The fourth-order valence-corrected chi connectivity index (χ4v) is 2.51. The minimum atomic E-state index is -0.909. The smallest absolute Gasteiger partial charge is 0.317 e. The molecule has 0 radical (unpaired) electrons. The van der Waals surface area contributed by atoms with Crippen molar-refractivity contribution in [2.75, 3.05) is 13.1 Å². The lowest BCUT2D eigenvalue weighted by Crippen LogP contribution is -2.46. The van der Waals surface area contributed by atoms with Crippen LogP contribution < -0.4 is 5.32 Å². The van der Waals surface area contributed by atoms with Crippen LogP contribution in [0, 0.1) is 0 Å². The molecular weight excluding hydrogens is 304 g/mol. The van der Waals surface area contributed by atoms with E-state index in [-0.39, 0.29) is 6.03 Å². The van der Waals surface area contributed by atoms with Gasteiger partial charge in [0.25, 0.3) is 0 Å². The third-order valence-corrected chi connectivity index (χ3v) is 3.66. The van der Waals surface area contributed by atoms with Crippen LogP contribution in [0.15, 0.2) is 36.7 Å². The van der Waals surface area contributed by atoms with Crippen LogP contribution >= 0.6 is 0 Å². The highest BCUT2D eigenvalue weighted by Crippen LogP contribution is 2.19. The van der Waals surface area contributed by atoms with E-state index >= 15 is 0 Å². The van der Waals surface area contributed by atoms with Gasteiger partial charge in [0.2, 0.25) is 0 Å². The van der Waals surface area contributed by atoms with Crippen molar-refractivity contribution >= 4 is 6.03 Å². The normalized spacial score (nSPS) is 11.4. The monoisotopic (exact) mass is 330 g/mol. The molecule has 0 bridgehead atoms. The highest BCUT2D eigenvalue weighted by molar-refractivity contribution is 5.74. The minimum absolute atomic E-state index is 0.175. The Hall–Kier alpha value is -2.34. The topological polar surface area (TPSA) is 70.4 Å². The van der Waals surface area contributed by atoms with E-state index in [1.54, 1.807) is 23.4 Å². The van der Waals surface area contributed by atoms with Crippen LogP contribution in [0.5, 0.6) is 0 Å². The number of urea groups is 1. The number of nitrogens with one attached hydrogen (secondary N) is 1. The highest BCUT2D eigenvalue weighted by Gasteiger charge is 2.20. The molecule has 1 aromatic heterocycles. The number of carbonyl (C=O) groups excluding carboxylic acids is 1. The number of aromatic nitrogens is 2. The van der Waals surface area contributed by atoms with Gasteiger partial charge in [-0.25, -0.2) is 4.79 Å². The molecule has 0 saturated heterocycles. The standard InChI is InChI=1S/C18H26N4O2/c1-5-22(13-18(2,3)24)17(23)19-10-14-7-6-8-15(9-14)16-11-20-21(4)12-16/h6-9,11-12,24H,5,10,13H2,1-4H3,(H,19,23). The Morgan fingerprint density at radius 2 is 2.12 bits per heavy atom. The molecule has 1 aromatic carbocycles. The van der Waals surface area contributed by atoms with Gasteiger partial charge in [-0.05, 0) is 38.0 Å². The molecule has 2 N–H and O–H groups in total. The SMILES string of the molecule is CCN(CC(C)(C)O)C(=O)NCc1cccc(-c2cnn(C)c2)c1. The number of benzene rings is 1. The largest absolute Gasteiger partial charge is 0.389 e. The Morgan fingerprint density at radius 1 is 1.38 bits per heavy atom. The molecule has 0 spiro atoms. The molecule has 2 aromatic rings. The first-order valence-electron chi connectivity index (χ1n) is 8.11. The van der Waals surface area contributed by atoms with E-state index in [1.165, 1.54) is 0 Å². The summed E-state index contributed by atoms with van der Waals surface area (Å²) in [5, 5.41) is 17.0. The van der Waals surface area contributed by atoms with E-state index in [2.05, 4.69) is 10.4 Å². The van der Waals surface area contributed by atoms with Gasteiger partial charge in [-0.1, -0.05) is 18.2 Å². The molecule has 0 saturated carbocycles. The molecule has 130 valence electrons. The summed E-state index contributed by atoms with van der Waals surface area (Å²) in [5.41, 5.74) is 2.22. The van der Waals surface area contributed by atoms with Crippen molar-refractivity contribution in [1.82, 2.24) is 20.0 Å². The van der Waals surface area contributed by atoms with E-state index in [4.69, 9.17) is 0 Å². The molecule has 2 rings (SSSR count). The zero-order valence-corrected chi connectivity index (χ0v) is 14.8. The summed E-state index contributed by atoms with van der Waals surface area (Å²) in [5.74, 6) is 0. The zero-order chi connectivity index (χ0) is 17.7. The second-order valence-electron chi connectivity index (χ2n) is 6.59. The van der Waals surface area contributed by atoms with Crippen molar-refractivity contribution in [2.24, 2.45) is 7.05 Å². The first-order chi connectivity index (χ1) is 11.3. The van der Waals surface area contributed by atoms with Gasteiger partial charge in [-0.2, -0.15) is 5.10 Å². The van der Waals surface area contributed by atoms with Gasteiger partial charge in [-0.3, -0.25) is 4.68 Å². The second-order valence-corrected chi connectivity index (χ2v) is 6.59. The number of hydrogen-bond acceptors (Lipinski definition) is 3. The molecule has 0 unspecified atom stereocenters. The predicted molar refractivity (Wildman–Crippen MR) is 94.4 cm³/mol. The summed E-state index contributed by atoms with van der Waals surface area (Å²) in [7, 11) is 1.88. The van der Waals surface area contributed by atoms with Crippen molar-refractivity contribution in [2.45, 2.75) is 32.9 Å². The molecule has 2 amide bonds. The van der Waals surface area contributed by atoms with Crippen molar-refractivity contribution < 1.29 is 9.90 Å². The molecule has 0 fully saturated rings. The quantitative estimate of drug-likeness (QED) is 0.854. The summed E-state index contributed by atoms with van der Waals surface area (Å²) in [6.45, 7) is 6.57.